The molecule has 0 saturated heterocycles. The summed E-state index contributed by atoms with van der Waals surface area (Å²) < 4.78 is 5.11. The molecule has 0 aromatic heterocycles. The first-order valence-electron chi connectivity index (χ1n) is 6.07. The molecule has 21 heavy (non-hydrogen) atoms. The van der Waals surface area contributed by atoms with Crippen LogP contribution in [0.3, 0.4) is 0 Å². The standard InChI is InChI=1S/C13H14N2O6/c1-4-12(21-13(16)8(2)3)10-7-9(14(17)18)5-6-11(10)15(19)20/h5-7,12H,2,4H2,1,3H3. The van der Waals surface area contributed by atoms with Crippen molar-refractivity contribution in [2.45, 2.75) is 26.4 Å². The fourth-order valence-corrected chi connectivity index (χ4v) is 1.68. The van der Waals surface area contributed by atoms with Crippen LogP contribution in [0.4, 0.5) is 11.4 Å². The van der Waals surface area contributed by atoms with Gasteiger partial charge < -0.3 is 4.74 Å². The number of carbonyl (C=O) groups is 1. The third-order valence-corrected chi connectivity index (χ3v) is 2.73. The predicted octanol–water partition coefficient (Wildman–Crippen LogP) is 3.07. The minimum absolute atomic E-state index is 0.00806. The van der Waals surface area contributed by atoms with Gasteiger partial charge in [-0.3, -0.25) is 20.2 Å². The van der Waals surface area contributed by atoms with Gasteiger partial charge in [0, 0.05) is 23.8 Å². The molecule has 0 radical (unpaired) electrons. The summed E-state index contributed by atoms with van der Waals surface area (Å²) in [4.78, 5) is 32.0. The van der Waals surface area contributed by atoms with Crippen LogP contribution in [0.15, 0.2) is 30.4 Å². The van der Waals surface area contributed by atoms with Gasteiger partial charge in [0.05, 0.1) is 15.4 Å². The Labute approximate surface area is 120 Å². The lowest BCUT2D eigenvalue weighted by atomic mass is 10.0. The number of nitro benzene ring substituents is 2. The number of nitro groups is 2. The molecule has 0 saturated carbocycles. The largest absolute Gasteiger partial charge is 0.454 e. The van der Waals surface area contributed by atoms with Gasteiger partial charge in [-0.05, 0) is 13.3 Å². The van der Waals surface area contributed by atoms with E-state index in [2.05, 4.69) is 6.58 Å². The Bertz CT molecular complexity index is 611. The molecule has 0 N–H and O–H groups in total. The van der Waals surface area contributed by atoms with Crippen LogP contribution < -0.4 is 0 Å². The quantitative estimate of drug-likeness (QED) is 0.345. The molecule has 0 fully saturated rings. The number of ether oxygens (including phenoxy) is 1. The zero-order valence-corrected chi connectivity index (χ0v) is 11.6. The van der Waals surface area contributed by atoms with Gasteiger partial charge in [0.1, 0.15) is 6.10 Å². The molecule has 8 nitrogen and oxygen atoms in total. The number of hydrogen-bond acceptors (Lipinski definition) is 6. The van der Waals surface area contributed by atoms with Gasteiger partial charge in [-0.15, -0.1) is 0 Å². The van der Waals surface area contributed by atoms with Gasteiger partial charge in [0.25, 0.3) is 11.4 Å². The summed E-state index contributed by atoms with van der Waals surface area (Å²) in [5.74, 6) is -0.706. The Hall–Kier alpha value is -2.77. The number of nitrogens with zero attached hydrogens (tertiary/aromatic N) is 2. The van der Waals surface area contributed by atoms with Gasteiger partial charge in [-0.2, -0.15) is 0 Å². The second kappa shape index (κ2) is 6.60. The van der Waals surface area contributed by atoms with Crippen molar-refractivity contribution in [2.75, 3.05) is 0 Å². The molecule has 0 aliphatic heterocycles. The van der Waals surface area contributed by atoms with Crippen LogP contribution >= 0.6 is 0 Å². The average Bonchev–Trinajstić information content (AvgIpc) is 2.43. The highest BCUT2D eigenvalue weighted by molar-refractivity contribution is 5.87. The maximum Gasteiger partial charge on any atom is 0.333 e. The lowest BCUT2D eigenvalue weighted by molar-refractivity contribution is -0.390. The van der Waals surface area contributed by atoms with Crippen molar-refractivity contribution < 1.29 is 19.4 Å². The third kappa shape index (κ3) is 3.85. The van der Waals surface area contributed by atoms with E-state index < -0.39 is 21.9 Å². The number of non-ortho nitro benzene ring substituents is 1. The second-order valence-corrected chi connectivity index (χ2v) is 4.34. The third-order valence-electron chi connectivity index (χ3n) is 2.73. The summed E-state index contributed by atoms with van der Waals surface area (Å²) in [6.07, 6.45) is -0.712. The van der Waals surface area contributed by atoms with E-state index in [4.69, 9.17) is 4.74 Å². The summed E-state index contributed by atoms with van der Waals surface area (Å²) in [7, 11) is 0. The number of carbonyl (C=O) groups excluding carboxylic acids is 1. The lowest BCUT2D eigenvalue weighted by Crippen LogP contribution is -2.13. The molecule has 1 aromatic carbocycles. The first kappa shape index (κ1) is 16.3. The van der Waals surface area contributed by atoms with Crippen molar-refractivity contribution in [3.63, 3.8) is 0 Å². The highest BCUT2D eigenvalue weighted by atomic mass is 16.6. The van der Waals surface area contributed by atoms with Crippen LogP contribution in [0.1, 0.15) is 31.9 Å². The fraction of sp³-hybridized carbons (Fsp3) is 0.308. The lowest BCUT2D eigenvalue weighted by Gasteiger charge is -2.16. The molecule has 1 atom stereocenters. The van der Waals surface area contributed by atoms with Crippen molar-refractivity contribution in [3.05, 3.63) is 56.1 Å². The van der Waals surface area contributed by atoms with E-state index in [1.54, 1.807) is 6.92 Å². The molecule has 0 amide bonds. The molecular formula is C13H14N2O6. The van der Waals surface area contributed by atoms with E-state index in [9.17, 15) is 25.0 Å². The number of rotatable bonds is 6. The smallest absolute Gasteiger partial charge is 0.333 e. The molecule has 0 bridgehead atoms. The van der Waals surface area contributed by atoms with Crippen LogP contribution in [0, 0.1) is 20.2 Å². The summed E-state index contributed by atoms with van der Waals surface area (Å²) in [5, 5.41) is 21.8. The topological polar surface area (TPSA) is 113 Å². The van der Waals surface area contributed by atoms with Crippen LogP contribution in [0.25, 0.3) is 0 Å². The molecule has 0 aliphatic rings. The molecule has 1 rings (SSSR count). The van der Waals surface area contributed by atoms with Gasteiger partial charge in [-0.1, -0.05) is 13.5 Å². The van der Waals surface area contributed by atoms with Crippen LogP contribution in [0.2, 0.25) is 0 Å². The van der Waals surface area contributed by atoms with Crippen LogP contribution in [0.5, 0.6) is 0 Å². The van der Waals surface area contributed by atoms with Crippen molar-refractivity contribution >= 4 is 17.3 Å². The van der Waals surface area contributed by atoms with Crippen LogP contribution in [-0.4, -0.2) is 15.8 Å². The van der Waals surface area contributed by atoms with Gasteiger partial charge in [0.15, 0.2) is 0 Å². The minimum Gasteiger partial charge on any atom is -0.454 e. The highest BCUT2D eigenvalue weighted by Gasteiger charge is 2.27. The van der Waals surface area contributed by atoms with Crippen molar-refractivity contribution in [1.29, 1.82) is 0 Å². The van der Waals surface area contributed by atoms with Gasteiger partial charge in [-0.25, -0.2) is 4.79 Å². The first-order chi connectivity index (χ1) is 9.77. The van der Waals surface area contributed by atoms with E-state index in [1.807, 2.05) is 0 Å². The monoisotopic (exact) mass is 294 g/mol. The zero-order chi connectivity index (χ0) is 16.2. The van der Waals surface area contributed by atoms with E-state index in [1.165, 1.54) is 6.92 Å². The average molecular weight is 294 g/mol. The summed E-state index contributed by atoms with van der Waals surface area (Å²) in [6.45, 7) is 6.52. The highest BCUT2D eigenvalue weighted by Crippen LogP contribution is 2.33. The normalized spacial score (nSPS) is 11.5. The maximum absolute atomic E-state index is 11.6. The summed E-state index contributed by atoms with van der Waals surface area (Å²) in [6, 6.07) is 3.12. The van der Waals surface area contributed by atoms with E-state index in [0.717, 1.165) is 18.2 Å². The molecule has 112 valence electrons. The first-order valence-corrected chi connectivity index (χ1v) is 6.07. The Morgan fingerprint density at radius 3 is 2.38 bits per heavy atom. The van der Waals surface area contributed by atoms with Crippen LogP contribution in [-0.2, 0) is 9.53 Å². The molecular weight excluding hydrogens is 280 g/mol. The minimum atomic E-state index is -0.950. The number of hydrogen-bond donors (Lipinski definition) is 0. The Balaban J connectivity index is 3.30. The van der Waals surface area contributed by atoms with E-state index >= 15 is 0 Å². The molecule has 0 spiro atoms. The molecule has 0 heterocycles. The SMILES string of the molecule is C=C(C)C(=O)OC(CC)c1cc([N+](=O)[O-])ccc1[N+](=O)[O-]. The van der Waals surface area contributed by atoms with Crippen molar-refractivity contribution in [1.82, 2.24) is 0 Å². The van der Waals surface area contributed by atoms with Gasteiger partial charge in [0.2, 0.25) is 0 Å². The Morgan fingerprint density at radius 2 is 1.95 bits per heavy atom. The van der Waals surface area contributed by atoms with E-state index in [0.29, 0.717) is 0 Å². The fourth-order valence-electron chi connectivity index (χ4n) is 1.68. The molecule has 1 unspecified atom stereocenters. The van der Waals surface area contributed by atoms with Gasteiger partial charge >= 0.3 is 5.97 Å². The zero-order valence-electron chi connectivity index (χ0n) is 11.6. The second-order valence-electron chi connectivity index (χ2n) is 4.34. The Morgan fingerprint density at radius 1 is 1.33 bits per heavy atom. The predicted molar refractivity (Wildman–Crippen MR) is 73.7 cm³/mol. The molecule has 1 aromatic rings. The molecule has 8 heteroatoms. The van der Waals surface area contributed by atoms with Crippen molar-refractivity contribution in [3.8, 4) is 0 Å². The Kier molecular flexibility index (Phi) is 5.12. The number of esters is 1. The summed E-state index contributed by atoms with van der Waals surface area (Å²) >= 11 is 0. The van der Waals surface area contributed by atoms with E-state index in [-0.39, 0.29) is 28.9 Å². The summed E-state index contributed by atoms with van der Waals surface area (Å²) in [5.41, 5.74) is -0.504. The maximum atomic E-state index is 11.6. The van der Waals surface area contributed by atoms with Crippen molar-refractivity contribution in [2.24, 2.45) is 0 Å². The number of benzene rings is 1. The molecule has 0 aliphatic carbocycles.